The number of piperazine rings is 1. The van der Waals surface area contributed by atoms with Gasteiger partial charge in [0.15, 0.2) is 0 Å². The first-order valence-corrected chi connectivity index (χ1v) is 10.9. The van der Waals surface area contributed by atoms with E-state index in [1.165, 1.54) is 11.0 Å². The number of nitrogens with zero attached hydrogens (tertiary/aromatic N) is 9. The van der Waals surface area contributed by atoms with Crippen molar-refractivity contribution >= 4 is 11.7 Å². The van der Waals surface area contributed by atoms with E-state index in [9.17, 15) is 4.79 Å². The van der Waals surface area contributed by atoms with Crippen LogP contribution in [0.4, 0.5) is 5.82 Å². The molecule has 3 aromatic heterocycles. The van der Waals surface area contributed by atoms with E-state index in [2.05, 4.69) is 35.5 Å². The molecule has 11 nitrogen and oxygen atoms in total. The second-order valence-electron chi connectivity index (χ2n) is 8.22. The fourth-order valence-electron chi connectivity index (χ4n) is 3.94. The molecule has 4 heterocycles. The first kappa shape index (κ1) is 19.5. The van der Waals surface area contributed by atoms with Gasteiger partial charge >= 0.3 is 0 Å². The normalized spacial score (nSPS) is 16.2. The van der Waals surface area contributed by atoms with Crippen LogP contribution in [-0.4, -0.2) is 72.3 Å². The first-order chi connectivity index (χ1) is 16.2. The van der Waals surface area contributed by atoms with Crippen molar-refractivity contribution in [3.63, 3.8) is 0 Å². The molecule has 0 radical (unpaired) electrons. The summed E-state index contributed by atoms with van der Waals surface area (Å²) in [7, 11) is 0. The van der Waals surface area contributed by atoms with Gasteiger partial charge in [0.25, 0.3) is 5.91 Å². The smallest absolute Gasteiger partial charge is 0.254 e. The molecule has 33 heavy (non-hydrogen) atoms. The Morgan fingerprint density at radius 1 is 1.06 bits per heavy atom. The number of hydrogen-bond acceptors (Lipinski definition) is 9. The molecule has 0 N–H and O–H groups in total. The molecular weight excluding hydrogens is 422 g/mol. The molecule has 0 unspecified atom stereocenters. The lowest BCUT2D eigenvalue weighted by Gasteiger charge is -2.35. The summed E-state index contributed by atoms with van der Waals surface area (Å²) in [6, 6.07) is 11.2. The van der Waals surface area contributed by atoms with E-state index in [4.69, 9.17) is 4.52 Å². The molecule has 1 saturated heterocycles. The molecule has 166 valence electrons. The molecule has 1 aliphatic heterocycles. The van der Waals surface area contributed by atoms with Gasteiger partial charge < -0.3 is 14.3 Å². The number of tetrazole rings is 1. The highest BCUT2D eigenvalue weighted by molar-refractivity contribution is 5.95. The van der Waals surface area contributed by atoms with Crippen LogP contribution in [0.1, 0.15) is 35.0 Å². The summed E-state index contributed by atoms with van der Waals surface area (Å²) in [6.07, 6.45) is 5.53. The van der Waals surface area contributed by atoms with Crippen molar-refractivity contribution in [1.29, 1.82) is 0 Å². The molecule has 1 saturated carbocycles. The van der Waals surface area contributed by atoms with Gasteiger partial charge in [-0.05, 0) is 53.6 Å². The Morgan fingerprint density at radius 2 is 1.94 bits per heavy atom. The highest BCUT2D eigenvalue weighted by atomic mass is 16.5. The van der Waals surface area contributed by atoms with Crippen LogP contribution in [0.2, 0.25) is 0 Å². The molecular formula is C22H21N9O2. The SMILES string of the molecule is O=C(c1cccc(-n2cnnn2)c1)N1CCN(c2ccc(-c3noc(C4CC4)n3)cn2)CC1. The van der Waals surface area contributed by atoms with Crippen LogP contribution < -0.4 is 4.90 Å². The van der Waals surface area contributed by atoms with E-state index in [-0.39, 0.29) is 5.91 Å². The van der Waals surface area contributed by atoms with Gasteiger partial charge in [-0.1, -0.05) is 11.2 Å². The molecule has 2 aliphatic rings. The predicted molar refractivity (Wildman–Crippen MR) is 117 cm³/mol. The van der Waals surface area contributed by atoms with Crippen LogP contribution in [-0.2, 0) is 0 Å². The Labute approximate surface area is 189 Å². The quantitative estimate of drug-likeness (QED) is 0.456. The van der Waals surface area contributed by atoms with Gasteiger partial charge in [-0.3, -0.25) is 4.79 Å². The molecule has 4 aromatic rings. The number of anilines is 1. The Morgan fingerprint density at radius 3 is 2.67 bits per heavy atom. The first-order valence-electron chi connectivity index (χ1n) is 10.9. The maximum Gasteiger partial charge on any atom is 0.254 e. The van der Waals surface area contributed by atoms with Crippen LogP contribution >= 0.6 is 0 Å². The maximum atomic E-state index is 13.0. The van der Waals surface area contributed by atoms with E-state index in [0.717, 1.165) is 35.8 Å². The molecule has 0 atom stereocenters. The third kappa shape index (κ3) is 3.93. The minimum atomic E-state index is -0.00328. The summed E-state index contributed by atoms with van der Waals surface area (Å²) in [4.78, 5) is 26.1. The molecule has 1 aromatic carbocycles. The molecule has 0 bridgehead atoms. The van der Waals surface area contributed by atoms with E-state index in [0.29, 0.717) is 43.5 Å². The summed E-state index contributed by atoms with van der Waals surface area (Å²) in [5, 5.41) is 15.3. The van der Waals surface area contributed by atoms with Gasteiger partial charge in [0.1, 0.15) is 12.1 Å². The van der Waals surface area contributed by atoms with Crippen molar-refractivity contribution in [2.24, 2.45) is 0 Å². The number of benzene rings is 1. The number of amides is 1. The van der Waals surface area contributed by atoms with Crippen LogP contribution in [0, 0.1) is 0 Å². The summed E-state index contributed by atoms with van der Waals surface area (Å²) in [5.74, 6) is 2.60. The Bertz CT molecular complexity index is 1260. The summed E-state index contributed by atoms with van der Waals surface area (Å²) in [6.45, 7) is 2.65. The van der Waals surface area contributed by atoms with E-state index < -0.39 is 0 Å². The van der Waals surface area contributed by atoms with Gasteiger partial charge in [0.05, 0.1) is 5.69 Å². The van der Waals surface area contributed by atoms with Crippen molar-refractivity contribution in [3.05, 3.63) is 60.4 Å². The second-order valence-corrected chi connectivity index (χ2v) is 8.22. The van der Waals surface area contributed by atoms with E-state index >= 15 is 0 Å². The van der Waals surface area contributed by atoms with Crippen molar-refractivity contribution in [3.8, 4) is 17.1 Å². The largest absolute Gasteiger partial charge is 0.353 e. The van der Waals surface area contributed by atoms with Gasteiger partial charge in [-0.2, -0.15) is 4.98 Å². The number of pyridine rings is 1. The van der Waals surface area contributed by atoms with Gasteiger partial charge in [-0.25, -0.2) is 9.67 Å². The van der Waals surface area contributed by atoms with Gasteiger partial charge in [0.2, 0.25) is 11.7 Å². The highest BCUT2D eigenvalue weighted by Gasteiger charge is 2.30. The molecule has 2 fully saturated rings. The van der Waals surface area contributed by atoms with Crippen LogP contribution in [0.25, 0.3) is 17.1 Å². The molecule has 11 heteroatoms. The Balaban J connectivity index is 1.09. The van der Waals surface area contributed by atoms with Crippen LogP contribution in [0.5, 0.6) is 0 Å². The average molecular weight is 443 g/mol. The fourth-order valence-corrected chi connectivity index (χ4v) is 3.94. The van der Waals surface area contributed by atoms with Crippen LogP contribution in [0.3, 0.4) is 0 Å². The van der Waals surface area contributed by atoms with Gasteiger partial charge in [-0.15, -0.1) is 5.10 Å². The Kier molecular flexibility index (Phi) is 4.78. The summed E-state index contributed by atoms with van der Waals surface area (Å²) < 4.78 is 6.87. The number of carbonyl (C=O) groups excluding carboxylic acids is 1. The summed E-state index contributed by atoms with van der Waals surface area (Å²) in [5.41, 5.74) is 2.20. The predicted octanol–water partition coefficient (Wildman–Crippen LogP) is 1.95. The zero-order chi connectivity index (χ0) is 22.2. The number of hydrogen-bond donors (Lipinski definition) is 0. The maximum absolute atomic E-state index is 13.0. The lowest BCUT2D eigenvalue weighted by Crippen LogP contribution is -2.49. The van der Waals surface area contributed by atoms with Crippen molar-refractivity contribution in [2.45, 2.75) is 18.8 Å². The summed E-state index contributed by atoms with van der Waals surface area (Å²) >= 11 is 0. The second kappa shape index (κ2) is 8.08. The number of rotatable bonds is 5. The van der Waals surface area contributed by atoms with Crippen molar-refractivity contribution < 1.29 is 9.32 Å². The van der Waals surface area contributed by atoms with Crippen LogP contribution in [0.15, 0.2) is 53.4 Å². The minimum absolute atomic E-state index is 0.00328. The lowest BCUT2D eigenvalue weighted by molar-refractivity contribution is 0.0746. The average Bonchev–Trinajstić information content (AvgIpc) is 3.35. The number of aromatic nitrogens is 7. The molecule has 1 amide bonds. The van der Waals surface area contributed by atoms with E-state index in [1.807, 2.05) is 35.2 Å². The van der Waals surface area contributed by atoms with Crippen molar-refractivity contribution in [2.75, 3.05) is 31.1 Å². The zero-order valence-corrected chi connectivity index (χ0v) is 17.8. The Hall–Kier alpha value is -4.15. The topological polar surface area (TPSA) is 119 Å². The molecule has 6 rings (SSSR count). The minimum Gasteiger partial charge on any atom is -0.353 e. The molecule has 0 spiro atoms. The third-order valence-corrected chi connectivity index (χ3v) is 5.97. The lowest BCUT2D eigenvalue weighted by atomic mass is 10.1. The molecule has 1 aliphatic carbocycles. The van der Waals surface area contributed by atoms with Gasteiger partial charge in [0, 0.05) is 49.4 Å². The zero-order valence-electron chi connectivity index (χ0n) is 17.8. The monoisotopic (exact) mass is 443 g/mol. The number of carbonyl (C=O) groups is 1. The third-order valence-electron chi connectivity index (χ3n) is 5.97. The van der Waals surface area contributed by atoms with E-state index in [1.54, 1.807) is 12.3 Å². The standard InChI is InChI=1S/C22H21N9O2/c32-22(16-2-1-3-18(12-16)31-14-24-27-28-31)30-10-8-29(9-11-30)19-7-6-17(13-23-19)20-25-21(33-26-20)15-4-5-15/h1-3,6-7,12-15H,4-5,8-11H2. The van der Waals surface area contributed by atoms with Crippen molar-refractivity contribution in [1.82, 2.24) is 40.2 Å². The fraction of sp³-hybridized carbons (Fsp3) is 0.318. The highest BCUT2D eigenvalue weighted by Crippen LogP contribution is 2.39.